The fraction of sp³-hybridized carbons (Fsp3) is 0.387. The molecule has 2 aromatic carbocycles. The monoisotopic (exact) mass is 494 g/mol. The molecule has 6 heteroatoms. The van der Waals surface area contributed by atoms with Crippen LogP contribution in [0.15, 0.2) is 67.0 Å². The predicted octanol–water partition coefficient (Wildman–Crippen LogP) is 5.08. The Bertz CT molecular complexity index is 1300. The molecule has 0 spiro atoms. The molecule has 6 nitrogen and oxygen atoms in total. The molecular weight excluding hydrogens is 460 g/mol. The lowest BCUT2D eigenvalue weighted by atomic mass is 9.99. The minimum Gasteiger partial charge on any atom is -0.371 e. The number of piperidine rings is 1. The summed E-state index contributed by atoms with van der Waals surface area (Å²) >= 11 is 0. The summed E-state index contributed by atoms with van der Waals surface area (Å²) in [7, 11) is 0. The van der Waals surface area contributed by atoms with Crippen molar-refractivity contribution in [3.05, 3.63) is 94.8 Å². The third kappa shape index (κ3) is 4.85. The summed E-state index contributed by atoms with van der Waals surface area (Å²) in [6, 6.07) is 18.5. The second kappa shape index (κ2) is 10.0. The van der Waals surface area contributed by atoms with Crippen molar-refractivity contribution in [3.63, 3.8) is 0 Å². The number of fused-ring (bicyclic) bond motifs is 1. The second-order valence-corrected chi connectivity index (χ2v) is 10.7. The standard InChI is InChI=1S/C31H34N4O2/c1-21-4-2-3-5-27(21)30(36)33-29-11-8-22-6-7-23(20-28(22)29)31(37)35(25-9-10-25)26-14-18-34(19-15-26)24-12-16-32-17-13-24/h2-7,12-13,16-17,20,25-26,29H,8-11,14-15,18-19H2,1H3,(H,33,36). The number of hydrogen-bond acceptors (Lipinski definition) is 4. The van der Waals surface area contributed by atoms with Gasteiger partial charge in [-0.1, -0.05) is 24.3 Å². The molecule has 0 radical (unpaired) electrons. The van der Waals surface area contributed by atoms with Gasteiger partial charge in [0.05, 0.1) is 6.04 Å². The van der Waals surface area contributed by atoms with Crippen LogP contribution in [0.2, 0.25) is 0 Å². The van der Waals surface area contributed by atoms with Crippen LogP contribution in [0.25, 0.3) is 0 Å². The van der Waals surface area contributed by atoms with Gasteiger partial charge in [0.25, 0.3) is 11.8 Å². The summed E-state index contributed by atoms with van der Waals surface area (Å²) in [6.45, 7) is 3.85. The summed E-state index contributed by atoms with van der Waals surface area (Å²) in [5, 5.41) is 3.23. The van der Waals surface area contributed by atoms with Gasteiger partial charge in [-0.15, -0.1) is 0 Å². The first-order valence-corrected chi connectivity index (χ1v) is 13.6. The Morgan fingerprint density at radius 3 is 2.38 bits per heavy atom. The fourth-order valence-corrected chi connectivity index (χ4v) is 6.04. The zero-order valence-corrected chi connectivity index (χ0v) is 21.4. The number of carbonyl (C=O) groups is 2. The number of nitrogens with one attached hydrogen (secondary N) is 1. The lowest BCUT2D eigenvalue weighted by Gasteiger charge is -2.39. The van der Waals surface area contributed by atoms with Crippen molar-refractivity contribution in [1.29, 1.82) is 0 Å². The number of benzene rings is 2. The molecule has 1 aromatic heterocycles. The van der Waals surface area contributed by atoms with Crippen LogP contribution in [0.1, 0.15) is 75.6 Å². The Labute approximate surface area is 218 Å². The summed E-state index contributed by atoms with van der Waals surface area (Å²) in [4.78, 5) is 35.6. The van der Waals surface area contributed by atoms with E-state index in [0.717, 1.165) is 68.3 Å². The Kier molecular flexibility index (Phi) is 6.41. The molecule has 1 unspecified atom stereocenters. The zero-order chi connectivity index (χ0) is 25.4. The van der Waals surface area contributed by atoms with Crippen molar-refractivity contribution in [1.82, 2.24) is 15.2 Å². The van der Waals surface area contributed by atoms with Gasteiger partial charge in [-0.25, -0.2) is 0 Å². The topological polar surface area (TPSA) is 65.5 Å². The minimum atomic E-state index is -0.0622. The Morgan fingerprint density at radius 2 is 1.65 bits per heavy atom. The number of aromatic nitrogens is 1. The molecule has 3 aromatic rings. The SMILES string of the molecule is Cc1ccccc1C(=O)NC1CCc2ccc(C(=O)N(C3CC3)C3CCN(c4ccncc4)CC3)cc21. The Balaban J connectivity index is 1.17. The van der Waals surface area contributed by atoms with E-state index in [2.05, 4.69) is 44.4 Å². The summed E-state index contributed by atoms with van der Waals surface area (Å²) < 4.78 is 0. The molecule has 1 saturated carbocycles. The molecule has 1 saturated heterocycles. The van der Waals surface area contributed by atoms with Crippen LogP contribution in [-0.4, -0.2) is 46.9 Å². The smallest absolute Gasteiger partial charge is 0.254 e. The Morgan fingerprint density at radius 1 is 0.919 bits per heavy atom. The Hall–Kier alpha value is -3.67. The average Bonchev–Trinajstić information content (AvgIpc) is 3.69. The molecule has 6 rings (SSSR count). The maximum Gasteiger partial charge on any atom is 0.254 e. The number of pyridine rings is 1. The molecule has 2 amide bonds. The lowest BCUT2D eigenvalue weighted by molar-refractivity contribution is 0.0630. The van der Waals surface area contributed by atoms with Crippen LogP contribution in [-0.2, 0) is 6.42 Å². The van der Waals surface area contributed by atoms with E-state index < -0.39 is 0 Å². The first-order chi connectivity index (χ1) is 18.1. The van der Waals surface area contributed by atoms with Gasteiger partial charge in [0.2, 0.25) is 0 Å². The van der Waals surface area contributed by atoms with E-state index in [0.29, 0.717) is 11.6 Å². The molecule has 190 valence electrons. The summed E-state index contributed by atoms with van der Waals surface area (Å²) in [5.41, 5.74) is 5.96. The maximum atomic E-state index is 13.9. The zero-order valence-electron chi connectivity index (χ0n) is 21.4. The highest BCUT2D eigenvalue weighted by Gasteiger charge is 2.39. The number of anilines is 1. The van der Waals surface area contributed by atoms with Crippen LogP contribution >= 0.6 is 0 Å². The number of aryl methyl sites for hydroxylation is 2. The van der Waals surface area contributed by atoms with Gasteiger partial charge in [0.1, 0.15) is 0 Å². The highest BCUT2D eigenvalue weighted by molar-refractivity contribution is 5.97. The molecule has 2 heterocycles. The van der Waals surface area contributed by atoms with E-state index in [1.807, 2.05) is 49.6 Å². The first kappa shape index (κ1) is 23.7. The van der Waals surface area contributed by atoms with Crippen LogP contribution in [0.4, 0.5) is 5.69 Å². The average molecular weight is 495 g/mol. The number of nitrogens with zero attached hydrogens (tertiary/aromatic N) is 3. The van der Waals surface area contributed by atoms with Crippen LogP contribution in [0.5, 0.6) is 0 Å². The summed E-state index contributed by atoms with van der Waals surface area (Å²) in [6.07, 6.45) is 9.60. The molecule has 2 aliphatic carbocycles. The van der Waals surface area contributed by atoms with Crippen molar-refractivity contribution in [2.75, 3.05) is 18.0 Å². The van der Waals surface area contributed by atoms with Gasteiger partial charge >= 0.3 is 0 Å². The minimum absolute atomic E-state index is 0.0479. The van der Waals surface area contributed by atoms with Gasteiger partial charge in [0, 0.05) is 54.4 Å². The van der Waals surface area contributed by atoms with E-state index in [9.17, 15) is 9.59 Å². The van der Waals surface area contributed by atoms with Crippen molar-refractivity contribution in [3.8, 4) is 0 Å². The van der Waals surface area contributed by atoms with Gasteiger partial charge in [-0.05, 0) is 92.5 Å². The predicted molar refractivity (Wildman–Crippen MR) is 145 cm³/mol. The number of hydrogen-bond donors (Lipinski definition) is 1. The fourth-order valence-electron chi connectivity index (χ4n) is 6.04. The molecule has 1 aliphatic heterocycles. The van der Waals surface area contributed by atoms with Crippen molar-refractivity contribution in [2.24, 2.45) is 0 Å². The highest BCUT2D eigenvalue weighted by atomic mass is 16.2. The van der Waals surface area contributed by atoms with E-state index in [-0.39, 0.29) is 23.9 Å². The maximum absolute atomic E-state index is 13.9. The van der Waals surface area contributed by atoms with Crippen molar-refractivity contribution >= 4 is 17.5 Å². The molecular formula is C31H34N4O2. The van der Waals surface area contributed by atoms with Gasteiger partial charge in [0.15, 0.2) is 0 Å². The van der Waals surface area contributed by atoms with Crippen molar-refractivity contribution in [2.45, 2.75) is 63.6 Å². The van der Waals surface area contributed by atoms with E-state index in [1.165, 1.54) is 11.3 Å². The van der Waals surface area contributed by atoms with Crippen molar-refractivity contribution < 1.29 is 9.59 Å². The normalized spacial score (nSPS) is 19.4. The summed E-state index contributed by atoms with van der Waals surface area (Å²) in [5.74, 6) is 0.0942. The molecule has 2 fully saturated rings. The second-order valence-electron chi connectivity index (χ2n) is 10.7. The van der Waals surface area contributed by atoms with E-state index in [4.69, 9.17) is 0 Å². The van der Waals surface area contributed by atoms with Crippen LogP contribution in [0, 0.1) is 6.92 Å². The molecule has 3 aliphatic rings. The van der Waals surface area contributed by atoms with Gasteiger partial charge < -0.3 is 15.1 Å². The first-order valence-electron chi connectivity index (χ1n) is 13.6. The lowest BCUT2D eigenvalue weighted by Crippen LogP contribution is -2.48. The quantitative estimate of drug-likeness (QED) is 0.519. The van der Waals surface area contributed by atoms with Gasteiger partial charge in [-0.3, -0.25) is 14.6 Å². The molecule has 37 heavy (non-hydrogen) atoms. The number of rotatable bonds is 6. The molecule has 1 N–H and O–H groups in total. The highest BCUT2D eigenvalue weighted by Crippen LogP contribution is 2.36. The van der Waals surface area contributed by atoms with Crippen LogP contribution < -0.4 is 10.2 Å². The molecule has 0 bridgehead atoms. The molecule has 1 atom stereocenters. The van der Waals surface area contributed by atoms with Crippen LogP contribution in [0.3, 0.4) is 0 Å². The largest absolute Gasteiger partial charge is 0.371 e. The van der Waals surface area contributed by atoms with E-state index in [1.54, 1.807) is 0 Å². The van der Waals surface area contributed by atoms with E-state index >= 15 is 0 Å². The number of carbonyl (C=O) groups excluding carboxylic acids is 2. The van der Waals surface area contributed by atoms with Gasteiger partial charge in [-0.2, -0.15) is 0 Å². The number of amides is 2. The third-order valence-corrected chi connectivity index (χ3v) is 8.23. The third-order valence-electron chi connectivity index (χ3n) is 8.23.